The first kappa shape index (κ1) is 24.7. The lowest BCUT2D eigenvalue weighted by Crippen LogP contribution is -2.22. The predicted molar refractivity (Wildman–Crippen MR) is 147 cm³/mol. The average Bonchev–Trinajstić information content (AvgIpc) is 3.56. The quantitative estimate of drug-likeness (QED) is 0.319. The number of fused-ring (bicyclic) bond motifs is 2. The van der Waals surface area contributed by atoms with Crippen LogP contribution in [0.25, 0.3) is 11.1 Å². The molecule has 4 heterocycles. The van der Waals surface area contributed by atoms with Crippen LogP contribution in [0.5, 0.6) is 0 Å². The molecular formula is C29H29N5O3S. The molecule has 0 aliphatic carbocycles. The lowest BCUT2D eigenvalue weighted by Gasteiger charge is -2.16. The Hall–Kier alpha value is -3.66. The Labute approximate surface area is 224 Å². The highest BCUT2D eigenvalue weighted by atomic mass is 32.1. The summed E-state index contributed by atoms with van der Waals surface area (Å²) < 4.78 is 5.76. The molecule has 0 fully saturated rings. The van der Waals surface area contributed by atoms with Crippen molar-refractivity contribution < 1.29 is 14.0 Å². The number of hydrogen-bond donors (Lipinski definition) is 3. The monoisotopic (exact) mass is 527 g/mol. The van der Waals surface area contributed by atoms with Crippen LogP contribution in [0.4, 0.5) is 5.69 Å². The number of rotatable bonds is 6. The normalized spacial score (nSPS) is 14.6. The second-order valence-corrected chi connectivity index (χ2v) is 10.8. The highest BCUT2D eigenvalue weighted by Crippen LogP contribution is 2.33. The zero-order valence-corrected chi connectivity index (χ0v) is 22.3. The van der Waals surface area contributed by atoms with Gasteiger partial charge in [0.2, 0.25) is 5.78 Å². The third-order valence-corrected chi connectivity index (χ3v) is 8.40. The minimum atomic E-state index is -0.190. The fourth-order valence-corrected chi connectivity index (χ4v) is 6.09. The topological polar surface area (TPSA) is 109 Å². The Morgan fingerprint density at radius 2 is 1.68 bits per heavy atom. The Bertz CT molecular complexity index is 1390. The van der Waals surface area contributed by atoms with Crippen molar-refractivity contribution in [2.45, 2.75) is 46.2 Å². The molecule has 8 nitrogen and oxygen atoms in total. The van der Waals surface area contributed by atoms with Crippen molar-refractivity contribution >= 4 is 28.7 Å². The molecule has 0 unspecified atom stereocenters. The number of carbonyl (C=O) groups excluding carboxylic acids is 2. The summed E-state index contributed by atoms with van der Waals surface area (Å²) in [5.74, 6) is 0.626. The largest absolute Gasteiger partial charge is 0.437 e. The molecule has 0 saturated heterocycles. The molecule has 38 heavy (non-hydrogen) atoms. The van der Waals surface area contributed by atoms with E-state index in [2.05, 4.69) is 32.0 Å². The molecule has 3 N–H and O–H groups in total. The molecule has 4 aromatic rings. The average molecular weight is 528 g/mol. The van der Waals surface area contributed by atoms with Crippen molar-refractivity contribution in [3.8, 4) is 11.1 Å². The third-order valence-electron chi connectivity index (χ3n) is 7.31. The molecule has 2 aliphatic rings. The first-order chi connectivity index (χ1) is 18.5. The number of benzene rings is 2. The van der Waals surface area contributed by atoms with Crippen molar-refractivity contribution in [2.75, 3.05) is 18.4 Å². The maximum atomic E-state index is 13.0. The van der Waals surface area contributed by atoms with Gasteiger partial charge in [0.1, 0.15) is 5.76 Å². The van der Waals surface area contributed by atoms with E-state index in [0.717, 1.165) is 88.0 Å². The molecule has 0 spiro atoms. The van der Waals surface area contributed by atoms with E-state index in [1.807, 2.05) is 44.2 Å². The third kappa shape index (κ3) is 4.69. The van der Waals surface area contributed by atoms with Crippen molar-refractivity contribution in [3.63, 3.8) is 0 Å². The molecule has 194 valence electrons. The lowest BCUT2D eigenvalue weighted by atomic mass is 9.91. The summed E-state index contributed by atoms with van der Waals surface area (Å²) in [6, 6.07) is 11.9. The molecule has 0 atom stereocenters. The minimum Gasteiger partial charge on any atom is -0.437 e. The Morgan fingerprint density at radius 1 is 0.947 bits per heavy atom. The van der Waals surface area contributed by atoms with Crippen LogP contribution < -0.4 is 16.0 Å². The number of Topliss-reactive ketones (excluding diaryl/α,β-unsaturated/α-hetero) is 1. The number of ketones is 1. The van der Waals surface area contributed by atoms with Gasteiger partial charge in [-0.25, -0.2) is 9.97 Å². The van der Waals surface area contributed by atoms with Crippen molar-refractivity contribution in [1.82, 2.24) is 20.6 Å². The molecule has 0 saturated carbocycles. The summed E-state index contributed by atoms with van der Waals surface area (Å²) in [6.07, 6.45) is 1.83. The Morgan fingerprint density at radius 3 is 2.47 bits per heavy atom. The van der Waals surface area contributed by atoms with Gasteiger partial charge in [-0.15, -0.1) is 11.3 Å². The number of hydrogen-bond acceptors (Lipinski definition) is 8. The molecular weight excluding hydrogens is 498 g/mol. The molecule has 0 bridgehead atoms. The van der Waals surface area contributed by atoms with Gasteiger partial charge in [0.15, 0.2) is 5.01 Å². The summed E-state index contributed by atoms with van der Waals surface area (Å²) in [5.41, 5.74) is 7.59. The molecule has 2 aromatic carbocycles. The van der Waals surface area contributed by atoms with Gasteiger partial charge in [-0.3, -0.25) is 9.59 Å². The number of aromatic nitrogens is 2. The first-order valence-electron chi connectivity index (χ1n) is 12.9. The Balaban J connectivity index is 1.23. The van der Waals surface area contributed by atoms with Gasteiger partial charge < -0.3 is 20.4 Å². The van der Waals surface area contributed by atoms with E-state index in [4.69, 9.17) is 4.42 Å². The molecule has 2 aromatic heterocycles. The summed E-state index contributed by atoms with van der Waals surface area (Å²) in [4.78, 5) is 36.3. The fraction of sp³-hybridized carbons (Fsp3) is 0.310. The fourth-order valence-electron chi connectivity index (χ4n) is 5.12. The summed E-state index contributed by atoms with van der Waals surface area (Å²) in [5, 5.41) is 10.1. The second-order valence-electron chi connectivity index (χ2n) is 9.75. The van der Waals surface area contributed by atoms with Crippen molar-refractivity contribution in [2.24, 2.45) is 0 Å². The molecule has 2 aliphatic heterocycles. The lowest BCUT2D eigenvalue weighted by molar-refractivity contribution is 0.0956. The number of carbonyl (C=O) groups is 2. The molecule has 9 heteroatoms. The summed E-state index contributed by atoms with van der Waals surface area (Å²) >= 11 is 1.45. The van der Waals surface area contributed by atoms with Crippen LogP contribution in [0.3, 0.4) is 0 Å². The van der Waals surface area contributed by atoms with E-state index < -0.39 is 0 Å². The smallest absolute Gasteiger partial charge is 0.284 e. The van der Waals surface area contributed by atoms with Gasteiger partial charge in [0.05, 0.1) is 17.9 Å². The molecule has 1 amide bonds. The predicted octanol–water partition coefficient (Wildman–Crippen LogP) is 4.38. The van der Waals surface area contributed by atoms with Crippen LogP contribution in [-0.4, -0.2) is 34.7 Å². The Kier molecular flexibility index (Phi) is 6.65. The number of nitrogens with zero attached hydrogens (tertiary/aromatic N) is 2. The number of thiazole rings is 1. The van der Waals surface area contributed by atoms with Crippen molar-refractivity contribution in [3.05, 3.63) is 86.0 Å². The van der Waals surface area contributed by atoms with Crippen LogP contribution in [0, 0.1) is 13.8 Å². The standard InChI is InChI=1S/C29H29N5O3S/c1-16-18(13-24(35)28-33-22-9-11-30-14-25(22)37-28)5-3-6-19(16)20-7-4-8-21(17(20)2)32-27(36)29-34-23-10-12-31-15-26(23)38-29/h3-8,30-31H,9-15H2,1-2H3,(H,32,36). The summed E-state index contributed by atoms with van der Waals surface area (Å²) in [6.45, 7) is 7.14. The zero-order chi connectivity index (χ0) is 26.2. The zero-order valence-electron chi connectivity index (χ0n) is 21.4. The van der Waals surface area contributed by atoms with E-state index in [-0.39, 0.29) is 24.0 Å². The van der Waals surface area contributed by atoms with Gasteiger partial charge in [-0.1, -0.05) is 30.3 Å². The second kappa shape index (κ2) is 10.2. The van der Waals surface area contributed by atoms with Crippen LogP contribution in [0.2, 0.25) is 0 Å². The van der Waals surface area contributed by atoms with E-state index in [9.17, 15) is 9.59 Å². The van der Waals surface area contributed by atoms with Crippen LogP contribution >= 0.6 is 11.3 Å². The molecule has 6 rings (SSSR count). The number of oxazole rings is 1. The van der Waals surface area contributed by atoms with Gasteiger partial charge in [0, 0.05) is 49.5 Å². The maximum Gasteiger partial charge on any atom is 0.284 e. The van der Waals surface area contributed by atoms with Gasteiger partial charge in [-0.05, 0) is 47.7 Å². The number of nitrogens with one attached hydrogen (secondary N) is 3. The van der Waals surface area contributed by atoms with E-state index in [0.29, 0.717) is 11.6 Å². The van der Waals surface area contributed by atoms with E-state index in [1.165, 1.54) is 11.3 Å². The maximum absolute atomic E-state index is 13.0. The number of anilines is 1. The molecule has 0 radical (unpaired) electrons. The van der Waals surface area contributed by atoms with Gasteiger partial charge in [-0.2, -0.15) is 0 Å². The minimum absolute atomic E-state index is 0.126. The van der Waals surface area contributed by atoms with E-state index in [1.54, 1.807) is 0 Å². The first-order valence-corrected chi connectivity index (χ1v) is 13.7. The van der Waals surface area contributed by atoms with Crippen LogP contribution in [0.1, 0.15) is 59.2 Å². The van der Waals surface area contributed by atoms with Gasteiger partial charge in [0.25, 0.3) is 11.8 Å². The van der Waals surface area contributed by atoms with E-state index >= 15 is 0 Å². The van der Waals surface area contributed by atoms with Crippen LogP contribution in [0.15, 0.2) is 40.8 Å². The highest BCUT2D eigenvalue weighted by Gasteiger charge is 2.23. The SMILES string of the molecule is Cc1c(CC(=O)c2nc3c(o2)CNCC3)cccc1-c1cccc(NC(=O)c2nc3c(s2)CNCC3)c1C. The van der Waals surface area contributed by atoms with Crippen molar-refractivity contribution in [1.29, 1.82) is 0 Å². The highest BCUT2D eigenvalue weighted by molar-refractivity contribution is 7.13. The van der Waals surface area contributed by atoms with Gasteiger partial charge >= 0.3 is 0 Å². The summed E-state index contributed by atoms with van der Waals surface area (Å²) in [7, 11) is 0. The van der Waals surface area contributed by atoms with Crippen LogP contribution in [-0.2, 0) is 32.4 Å². The number of amides is 1.